The van der Waals surface area contributed by atoms with E-state index in [1.165, 1.54) is 19.1 Å². The zero-order chi connectivity index (χ0) is 21.6. The van der Waals surface area contributed by atoms with Crippen LogP contribution < -0.4 is 5.32 Å². The number of nitrogens with one attached hydrogen (secondary N) is 1. The number of alkyl halides is 4. The first-order valence-electron chi connectivity index (χ1n) is 8.06. The van der Waals surface area contributed by atoms with Crippen molar-refractivity contribution in [2.75, 3.05) is 11.9 Å². The Morgan fingerprint density at radius 2 is 1.72 bits per heavy atom. The Kier molecular flexibility index (Phi) is 7.54. The Balaban J connectivity index is 2.16. The van der Waals surface area contributed by atoms with Crippen LogP contribution in [-0.4, -0.2) is 30.2 Å². The smallest absolute Gasteiger partial charge is 0.357 e. The molecule has 1 N–H and O–H groups in total. The van der Waals surface area contributed by atoms with Crippen LogP contribution in [-0.2, 0) is 4.74 Å². The maximum absolute atomic E-state index is 13.9. The number of urea groups is 1. The summed E-state index contributed by atoms with van der Waals surface area (Å²) in [5.41, 5.74) is -0.529. The molecule has 4 nitrogen and oxygen atoms in total. The quantitative estimate of drug-likeness (QED) is 0.264. The van der Waals surface area contributed by atoms with E-state index in [0.29, 0.717) is 0 Å². The van der Waals surface area contributed by atoms with E-state index in [9.17, 15) is 31.1 Å². The van der Waals surface area contributed by atoms with Crippen molar-refractivity contribution in [3.8, 4) is 0 Å². The number of hydrogen-bond acceptors (Lipinski definition) is 3. The number of halogens is 6. The van der Waals surface area contributed by atoms with E-state index in [0.717, 1.165) is 30.3 Å². The highest BCUT2D eigenvalue weighted by atomic mass is 32.2. The van der Waals surface area contributed by atoms with Gasteiger partial charge in [-0.25, -0.2) is 22.4 Å². The van der Waals surface area contributed by atoms with Crippen molar-refractivity contribution in [1.29, 1.82) is 0 Å². The van der Waals surface area contributed by atoms with Crippen LogP contribution in [0, 0.1) is 11.6 Å². The lowest BCUT2D eigenvalue weighted by Crippen LogP contribution is -2.21. The van der Waals surface area contributed by atoms with Crippen LogP contribution in [0.4, 0.5) is 36.8 Å². The lowest BCUT2D eigenvalue weighted by Gasteiger charge is -2.14. The second kappa shape index (κ2) is 9.68. The van der Waals surface area contributed by atoms with Gasteiger partial charge in [0, 0.05) is 10.6 Å². The molecule has 2 rings (SSSR count). The Hall–Kier alpha value is -2.69. The van der Waals surface area contributed by atoms with Gasteiger partial charge >= 0.3 is 17.7 Å². The molecule has 0 unspecified atom stereocenters. The number of carbonyl (C=O) groups is 1. The van der Waals surface area contributed by atoms with E-state index in [-0.39, 0.29) is 29.0 Å². The molecule has 0 saturated carbocycles. The lowest BCUT2D eigenvalue weighted by atomic mass is 10.2. The largest absolute Gasteiger partial charge is 0.477 e. The minimum Gasteiger partial charge on any atom is -0.477 e. The second-order valence-corrected chi connectivity index (χ2v) is 6.59. The van der Waals surface area contributed by atoms with Gasteiger partial charge in [0.15, 0.2) is 0 Å². The maximum Gasteiger partial charge on any atom is 0.357 e. The number of thioether (sulfide) groups is 1. The van der Waals surface area contributed by atoms with E-state index >= 15 is 0 Å². The van der Waals surface area contributed by atoms with Crippen molar-refractivity contribution in [2.45, 2.75) is 23.5 Å². The summed E-state index contributed by atoms with van der Waals surface area (Å²) >= 11 is -0.328. The summed E-state index contributed by atoms with van der Waals surface area (Å²) in [6, 6.07) is 6.58. The Morgan fingerprint density at radius 3 is 2.24 bits per heavy atom. The van der Waals surface area contributed by atoms with Crippen molar-refractivity contribution < 1.29 is 35.9 Å². The van der Waals surface area contributed by atoms with E-state index < -0.39 is 40.8 Å². The van der Waals surface area contributed by atoms with Crippen LogP contribution in [0.15, 0.2) is 52.4 Å². The third-order valence-electron chi connectivity index (χ3n) is 3.27. The predicted octanol–water partition coefficient (Wildman–Crippen LogP) is 5.93. The van der Waals surface area contributed by atoms with Crippen molar-refractivity contribution in [1.82, 2.24) is 0 Å². The summed E-state index contributed by atoms with van der Waals surface area (Å²) in [5, 5.41) is -2.00. The molecule has 29 heavy (non-hydrogen) atoms. The van der Waals surface area contributed by atoms with Crippen molar-refractivity contribution in [3.63, 3.8) is 0 Å². The van der Waals surface area contributed by atoms with Crippen molar-refractivity contribution in [2.24, 2.45) is 4.99 Å². The van der Waals surface area contributed by atoms with Crippen molar-refractivity contribution >= 4 is 29.4 Å². The highest BCUT2D eigenvalue weighted by Gasteiger charge is 2.41. The highest BCUT2D eigenvalue weighted by molar-refractivity contribution is 8.00. The topological polar surface area (TPSA) is 50.7 Å². The lowest BCUT2D eigenvalue weighted by molar-refractivity contribution is -0.0563. The number of hydrogen-bond donors (Lipinski definition) is 1. The predicted molar refractivity (Wildman–Crippen MR) is 96.8 cm³/mol. The van der Waals surface area contributed by atoms with Gasteiger partial charge in [0.05, 0.1) is 6.61 Å². The van der Waals surface area contributed by atoms with Crippen LogP contribution >= 0.6 is 11.8 Å². The van der Waals surface area contributed by atoms with Crippen LogP contribution in [0.5, 0.6) is 0 Å². The van der Waals surface area contributed by atoms with Gasteiger partial charge in [0.2, 0.25) is 5.90 Å². The Morgan fingerprint density at radius 1 is 1.14 bits per heavy atom. The molecule has 2 amide bonds. The molecule has 2 aromatic carbocycles. The molecule has 0 bridgehead atoms. The summed E-state index contributed by atoms with van der Waals surface area (Å²) in [5.74, 6) is -2.54. The van der Waals surface area contributed by atoms with E-state index in [1.807, 2.05) is 0 Å². The SMILES string of the molecule is CCO/C(=N\C(=O)Nc1ccc(SC(F)(F)C(F)F)cc1)c1c(F)cccc1F. The number of ether oxygens (including phenoxy) is 1. The monoisotopic (exact) mass is 436 g/mol. The normalized spacial score (nSPS) is 12.2. The number of amides is 2. The molecule has 2 aromatic rings. The van der Waals surface area contributed by atoms with Gasteiger partial charge in [-0.05, 0) is 55.1 Å². The minimum absolute atomic E-state index is 0.0237. The van der Waals surface area contributed by atoms with Crippen LogP contribution in [0.3, 0.4) is 0 Å². The van der Waals surface area contributed by atoms with Gasteiger partial charge in [-0.2, -0.15) is 13.8 Å². The number of nitrogens with zero attached hydrogens (tertiary/aromatic N) is 1. The fourth-order valence-electron chi connectivity index (χ4n) is 2.05. The van der Waals surface area contributed by atoms with E-state index in [2.05, 4.69) is 10.3 Å². The third-order valence-corrected chi connectivity index (χ3v) is 4.23. The third kappa shape index (κ3) is 6.14. The first kappa shape index (κ1) is 22.6. The molecule has 0 heterocycles. The molecule has 0 aliphatic heterocycles. The van der Waals surface area contributed by atoms with E-state index in [4.69, 9.17) is 4.74 Å². The molecular formula is C18H14F6N2O2S. The number of rotatable bonds is 6. The first-order chi connectivity index (χ1) is 13.6. The molecule has 0 fully saturated rings. The number of benzene rings is 2. The molecule has 0 aliphatic carbocycles. The molecule has 0 saturated heterocycles. The number of aliphatic imine (C=N–C) groups is 1. The second-order valence-electron chi connectivity index (χ2n) is 5.37. The zero-order valence-corrected chi connectivity index (χ0v) is 15.6. The van der Waals surface area contributed by atoms with Gasteiger partial charge in [-0.3, -0.25) is 0 Å². The fourth-order valence-corrected chi connectivity index (χ4v) is 2.73. The summed E-state index contributed by atoms with van der Waals surface area (Å²) in [6.45, 7) is 1.50. The summed E-state index contributed by atoms with van der Waals surface area (Å²) in [4.78, 5) is 15.4. The molecule has 11 heteroatoms. The highest BCUT2D eigenvalue weighted by Crippen LogP contribution is 2.40. The van der Waals surface area contributed by atoms with Gasteiger partial charge in [-0.15, -0.1) is 0 Å². The summed E-state index contributed by atoms with van der Waals surface area (Å²) in [6.07, 6.45) is -3.84. The molecular weight excluding hydrogens is 422 g/mol. The van der Waals surface area contributed by atoms with Gasteiger partial charge in [-0.1, -0.05) is 6.07 Å². The van der Waals surface area contributed by atoms with Crippen LogP contribution in [0.1, 0.15) is 12.5 Å². The fraction of sp³-hybridized carbons (Fsp3) is 0.222. The first-order valence-corrected chi connectivity index (χ1v) is 8.87. The Labute approximate surface area is 166 Å². The van der Waals surface area contributed by atoms with Gasteiger partial charge < -0.3 is 10.1 Å². The van der Waals surface area contributed by atoms with Gasteiger partial charge in [0.1, 0.15) is 17.2 Å². The minimum atomic E-state index is -4.26. The molecule has 0 atom stereocenters. The standard InChI is InChI=1S/C18H14F6N2O2S/c1-2-28-15(14-12(19)4-3-5-13(14)20)26-17(27)25-10-6-8-11(9-7-10)29-18(23,24)16(21)22/h3-9,16H,2H2,1H3,(H,25,27)/b26-15-. The van der Waals surface area contributed by atoms with Crippen LogP contribution in [0.2, 0.25) is 0 Å². The maximum atomic E-state index is 13.9. The van der Waals surface area contributed by atoms with Crippen LogP contribution in [0.25, 0.3) is 0 Å². The summed E-state index contributed by atoms with van der Waals surface area (Å²) in [7, 11) is 0. The number of carbonyl (C=O) groups excluding carboxylic acids is 1. The average molecular weight is 436 g/mol. The average Bonchev–Trinajstić information content (AvgIpc) is 2.63. The summed E-state index contributed by atoms with van der Waals surface area (Å²) < 4.78 is 83.3. The molecule has 0 spiro atoms. The molecule has 0 aromatic heterocycles. The molecule has 0 radical (unpaired) electrons. The van der Waals surface area contributed by atoms with Crippen molar-refractivity contribution in [3.05, 3.63) is 59.7 Å². The number of anilines is 1. The zero-order valence-electron chi connectivity index (χ0n) is 14.8. The van der Waals surface area contributed by atoms with E-state index in [1.54, 1.807) is 0 Å². The molecule has 0 aliphatic rings. The Bertz CT molecular complexity index is 870. The van der Waals surface area contributed by atoms with Gasteiger partial charge in [0.25, 0.3) is 0 Å². The molecule has 156 valence electrons.